The fourth-order valence-corrected chi connectivity index (χ4v) is 6.11. The summed E-state index contributed by atoms with van der Waals surface area (Å²) in [5.74, 6) is -3.30. The molecule has 0 bridgehead atoms. The number of carbonyl (C=O) groups excluding carboxylic acids is 4. The number of phenolic OH excluding ortho intramolecular Hbond substituents is 2. The third kappa shape index (κ3) is 4.48. The number of allylic oxidation sites excluding steroid dienone is 1. The quantitative estimate of drug-likeness (QED) is 0.315. The molecule has 0 amide bonds. The highest BCUT2D eigenvalue weighted by atomic mass is 16.5. The minimum Gasteiger partial charge on any atom is -0.504 e. The molecule has 2 atom stereocenters. The number of likely N-dealkylation sites (tertiary alicyclic amines) is 1. The van der Waals surface area contributed by atoms with Crippen LogP contribution in [0.4, 0.5) is 0 Å². The van der Waals surface area contributed by atoms with E-state index in [1.807, 2.05) is 0 Å². The number of hydrogen-bond donors (Lipinski definition) is 2. The molecule has 2 unspecified atom stereocenters. The third-order valence-corrected chi connectivity index (χ3v) is 8.02. The van der Waals surface area contributed by atoms with Crippen LogP contribution in [0.5, 0.6) is 23.0 Å². The van der Waals surface area contributed by atoms with Crippen molar-refractivity contribution in [2.45, 2.75) is 17.9 Å². The molecule has 1 heterocycles. The van der Waals surface area contributed by atoms with Gasteiger partial charge in [0, 0.05) is 29.5 Å². The van der Waals surface area contributed by atoms with Crippen molar-refractivity contribution in [3.8, 4) is 23.0 Å². The van der Waals surface area contributed by atoms with Gasteiger partial charge in [-0.3, -0.25) is 24.1 Å². The van der Waals surface area contributed by atoms with Gasteiger partial charge in [-0.1, -0.05) is 42.5 Å². The van der Waals surface area contributed by atoms with Crippen LogP contribution in [-0.4, -0.2) is 71.6 Å². The lowest BCUT2D eigenvalue weighted by molar-refractivity contribution is -0.127. The Morgan fingerprint density at radius 1 is 0.927 bits per heavy atom. The van der Waals surface area contributed by atoms with Gasteiger partial charge >= 0.3 is 0 Å². The second-order valence-corrected chi connectivity index (χ2v) is 10.2. The van der Waals surface area contributed by atoms with E-state index in [1.165, 1.54) is 44.6 Å². The van der Waals surface area contributed by atoms with E-state index in [-0.39, 0.29) is 40.7 Å². The summed E-state index contributed by atoms with van der Waals surface area (Å²) in [6, 6.07) is 15.7. The summed E-state index contributed by atoms with van der Waals surface area (Å²) in [5, 5.41) is 20.2. The zero-order valence-electron chi connectivity index (χ0n) is 22.8. The monoisotopic (exact) mass is 555 g/mol. The van der Waals surface area contributed by atoms with Gasteiger partial charge in [-0.15, -0.1) is 0 Å². The molecule has 0 radical (unpaired) electrons. The van der Waals surface area contributed by atoms with Gasteiger partial charge in [0.1, 0.15) is 5.78 Å². The summed E-state index contributed by atoms with van der Waals surface area (Å²) in [4.78, 5) is 56.3. The number of ketones is 4. The molecule has 5 rings (SSSR count). The Morgan fingerprint density at radius 3 is 2.20 bits per heavy atom. The van der Waals surface area contributed by atoms with Gasteiger partial charge < -0.3 is 19.7 Å². The maximum atomic E-state index is 14.0. The number of fused-ring (bicyclic) bond motifs is 1. The van der Waals surface area contributed by atoms with Crippen LogP contribution >= 0.6 is 0 Å². The SMILES string of the molecule is COc1ccc(/C=C/C(=O)CC(=O)C2CN(C)C3(C(=O)c4ccccc4C3=O)C2c2ccc(O)c(OC)c2)cc1O. The summed E-state index contributed by atoms with van der Waals surface area (Å²) in [6.45, 7) is 0.0709. The predicted molar refractivity (Wildman–Crippen MR) is 150 cm³/mol. The Labute approximate surface area is 236 Å². The first kappa shape index (κ1) is 27.8. The molecular weight excluding hydrogens is 526 g/mol. The largest absolute Gasteiger partial charge is 0.504 e. The van der Waals surface area contributed by atoms with E-state index >= 15 is 0 Å². The number of methoxy groups -OCH3 is 2. The molecule has 9 heteroatoms. The van der Waals surface area contributed by atoms with Crippen molar-refractivity contribution in [1.82, 2.24) is 4.90 Å². The highest BCUT2D eigenvalue weighted by molar-refractivity contribution is 6.34. The molecule has 9 nitrogen and oxygen atoms in total. The van der Waals surface area contributed by atoms with Crippen molar-refractivity contribution in [1.29, 1.82) is 0 Å². The first-order valence-corrected chi connectivity index (χ1v) is 13.0. The predicted octanol–water partition coefficient (Wildman–Crippen LogP) is 3.82. The molecule has 1 saturated heterocycles. The Kier molecular flexibility index (Phi) is 7.23. The average Bonchev–Trinajstić information content (AvgIpc) is 3.40. The van der Waals surface area contributed by atoms with Crippen molar-refractivity contribution < 1.29 is 38.9 Å². The fourth-order valence-electron chi connectivity index (χ4n) is 6.11. The van der Waals surface area contributed by atoms with Gasteiger partial charge in [0.05, 0.1) is 20.6 Å². The molecule has 41 heavy (non-hydrogen) atoms. The van der Waals surface area contributed by atoms with Crippen molar-refractivity contribution in [2.24, 2.45) is 5.92 Å². The van der Waals surface area contributed by atoms with Gasteiger partial charge in [0.2, 0.25) is 0 Å². The number of aromatic hydroxyl groups is 2. The molecule has 3 aromatic rings. The first-order chi connectivity index (χ1) is 19.6. The Balaban J connectivity index is 1.50. The van der Waals surface area contributed by atoms with Crippen molar-refractivity contribution in [3.05, 3.63) is 89.0 Å². The van der Waals surface area contributed by atoms with E-state index in [4.69, 9.17) is 9.47 Å². The molecule has 210 valence electrons. The summed E-state index contributed by atoms with van der Waals surface area (Å²) in [7, 11) is 4.45. The molecule has 1 spiro atoms. The van der Waals surface area contributed by atoms with Crippen LogP contribution in [0.15, 0.2) is 66.7 Å². The normalized spacial score (nSPS) is 19.6. The summed E-state index contributed by atoms with van der Waals surface area (Å²) >= 11 is 0. The van der Waals surface area contributed by atoms with Gasteiger partial charge in [0.15, 0.2) is 45.9 Å². The lowest BCUT2D eigenvalue weighted by Gasteiger charge is -2.35. The number of hydrogen-bond acceptors (Lipinski definition) is 9. The molecule has 2 aliphatic rings. The highest BCUT2D eigenvalue weighted by Gasteiger charge is 2.66. The Morgan fingerprint density at radius 2 is 1.59 bits per heavy atom. The molecule has 1 aliphatic heterocycles. The van der Waals surface area contributed by atoms with E-state index < -0.39 is 46.9 Å². The molecule has 1 fully saturated rings. The number of ether oxygens (including phenoxy) is 2. The van der Waals surface area contributed by atoms with E-state index in [0.717, 1.165) is 0 Å². The number of nitrogens with zero attached hydrogens (tertiary/aromatic N) is 1. The summed E-state index contributed by atoms with van der Waals surface area (Å²) in [5.41, 5.74) is -0.109. The number of phenols is 2. The van der Waals surface area contributed by atoms with Gasteiger partial charge in [-0.2, -0.15) is 0 Å². The number of benzene rings is 3. The fraction of sp³-hybridized carbons (Fsp3) is 0.250. The average molecular weight is 556 g/mol. The van der Waals surface area contributed by atoms with Gasteiger partial charge in [-0.05, 0) is 48.5 Å². The molecular formula is C32H29NO8. The number of likely N-dealkylation sites (N-methyl/N-ethyl adjacent to an activating group) is 1. The van der Waals surface area contributed by atoms with Gasteiger partial charge in [-0.25, -0.2) is 0 Å². The van der Waals surface area contributed by atoms with Crippen molar-refractivity contribution in [3.63, 3.8) is 0 Å². The molecule has 0 saturated carbocycles. The Hall–Kier alpha value is -4.76. The Bertz CT molecular complexity index is 1570. The van der Waals surface area contributed by atoms with E-state index in [9.17, 15) is 29.4 Å². The second-order valence-electron chi connectivity index (χ2n) is 10.2. The third-order valence-electron chi connectivity index (χ3n) is 8.02. The van der Waals surface area contributed by atoms with Crippen molar-refractivity contribution in [2.75, 3.05) is 27.8 Å². The van der Waals surface area contributed by atoms with Crippen molar-refractivity contribution >= 4 is 29.2 Å². The lowest BCUT2D eigenvalue weighted by atomic mass is 9.70. The standard InChI is InChI=1S/C32H29NO8/c1-33-17-23(25(36)16-20(34)11-8-18-9-13-27(40-2)26(37)14-18)29(19-10-12-24(35)28(15-19)41-3)32(33)30(38)21-6-4-5-7-22(21)31(32)39/h4-15,23,29,35,37H,16-17H2,1-3H3/b11-8+. The maximum absolute atomic E-state index is 14.0. The number of rotatable bonds is 8. The van der Waals surface area contributed by atoms with E-state index in [0.29, 0.717) is 11.1 Å². The molecule has 2 N–H and O–H groups in total. The lowest BCUT2D eigenvalue weighted by Crippen LogP contribution is -2.54. The van der Waals surface area contributed by atoms with Crippen LogP contribution in [0.2, 0.25) is 0 Å². The summed E-state index contributed by atoms with van der Waals surface area (Å²) in [6.07, 6.45) is 2.29. The van der Waals surface area contributed by atoms with Crippen LogP contribution in [0.3, 0.4) is 0 Å². The minimum atomic E-state index is -1.69. The van der Waals surface area contributed by atoms with E-state index in [2.05, 4.69) is 0 Å². The van der Waals surface area contributed by atoms with Crippen LogP contribution < -0.4 is 9.47 Å². The van der Waals surface area contributed by atoms with Gasteiger partial charge in [0.25, 0.3) is 0 Å². The highest BCUT2D eigenvalue weighted by Crippen LogP contribution is 2.53. The van der Waals surface area contributed by atoms with Crippen LogP contribution in [-0.2, 0) is 9.59 Å². The minimum absolute atomic E-state index is 0.0709. The van der Waals surface area contributed by atoms with Crippen LogP contribution in [0.1, 0.15) is 44.2 Å². The number of Topliss-reactive ketones (excluding diaryl/α,β-unsaturated/α-hetero) is 3. The summed E-state index contributed by atoms with van der Waals surface area (Å²) < 4.78 is 10.3. The maximum Gasteiger partial charge on any atom is 0.192 e. The topological polar surface area (TPSA) is 130 Å². The number of carbonyl (C=O) groups is 4. The van der Waals surface area contributed by atoms with Crippen LogP contribution in [0.25, 0.3) is 6.08 Å². The zero-order valence-corrected chi connectivity index (χ0v) is 22.8. The molecule has 1 aliphatic carbocycles. The first-order valence-electron chi connectivity index (χ1n) is 13.0. The smallest absolute Gasteiger partial charge is 0.192 e. The molecule has 3 aromatic carbocycles. The zero-order chi connectivity index (χ0) is 29.5. The van der Waals surface area contributed by atoms with Crippen LogP contribution in [0, 0.1) is 5.92 Å². The molecule has 0 aromatic heterocycles. The second kappa shape index (κ2) is 10.7. The van der Waals surface area contributed by atoms with E-state index in [1.54, 1.807) is 54.4 Å².